The summed E-state index contributed by atoms with van der Waals surface area (Å²) in [6, 6.07) is 11.4. The molecule has 2 aromatic rings. The van der Waals surface area contributed by atoms with Gasteiger partial charge in [-0.05, 0) is 41.1 Å². The molecule has 5 nitrogen and oxygen atoms in total. The topological polar surface area (TPSA) is 72.2 Å². The Morgan fingerprint density at radius 2 is 1.85 bits per heavy atom. The number of non-ortho nitro benzene ring substituents is 1. The third-order valence-electron chi connectivity index (χ3n) is 2.71. The van der Waals surface area contributed by atoms with E-state index in [9.17, 15) is 14.9 Å². The van der Waals surface area contributed by atoms with Gasteiger partial charge in [-0.3, -0.25) is 14.9 Å². The van der Waals surface area contributed by atoms with Crippen LogP contribution >= 0.6 is 15.9 Å². The van der Waals surface area contributed by atoms with E-state index in [4.69, 9.17) is 0 Å². The van der Waals surface area contributed by atoms with Crippen molar-refractivity contribution in [2.24, 2.45) is 0 Å². The molecule has 102 valence electrons. The standard InChI is InChI=1S/C14H11BrN2O3/c1-9-2-4-10(5-3-9)16-14(18)12-8-11(17(19)20)6-7-13(12)15/h2-8H,1H3,(H,16,18). The van der Waals surface area contributed by atoms with Crippen LogP contribution in [0.25, 0.3) is 0 Å². The third-order valence-corrected chi connectivity index (χ3v) is 3.41. The third kappa shape index (κ3) is 3.21. The van der Waals surface area contributed by atoms with Crippen molar-refractivity contribution in [3.63, 3.8) is 0 Å². The quantitative estimate of drug-likeness (QED) is 0.683. The SMILES string of the molecule is Cc1ccc(NC(=O)c2cc([N+](=O)[O-])ccc2Br)cc1. The molecule has 20 heavy (non-hydrogen) atoms. The molecule has 2 aromatic carbocycles. The van der Waals surface area contributed by atoms with E-state index in [1.54, 1.807) is 12.1 Å². The highest BCUT2D eigenvalue weighted by atomic mass is 79.9. The molecule has 0 bridgehead atoms. The summed E-state index contributed by atoms with van der Waals surface area (Å²) in [6.45, 7) is 1.95. The lowest BCUT2D eigenvalue weighted by Gasteiger charge is -2.07. The fourth-order valence-corrected chi connectivity index (χ4v) is 2.06. The van der Waals surface area contributed by atoms with Gasteiger partial charge in [-0.1, -0.05) is 17.7 Å². The molecule has 0 unspecified atom stereocenters. The van der Waals surface area contributed by atoms with Gasteiger partial charge in [0, 0.05) is 22.3 Å². The number of hydrogen-bond acceptors (Lipinski definition) is 3. The maximum atomic E-state index is 12.1. The highest BCUT2D eigenvalue weighted by molar-refractivity contribution is 9.10. The Kier molecular flexibility index (Phi) is 4.14. The number of nitrogens with zero attached hydrogens (tertiary/aromatic N) is 1. The van der Waals surface area contributed by atoms with Crippen LogP contribution in [0.3, 0.4) is 0 Å². The molecule has 0 aromatic heterocycles. The van der Waals surface area contributed by atoms with Crippen molar-refractivity contribution >= 4 is 33.2 Å². The van der Waals surface area contributed by atoms with E-state index in [1.807, 2.05) is 19.1 Å². The molecule has 0 fully saturated rings. The first kappa shape index (κ1) is 14.2. The molecule has 0 atom stereocenters. The van der Waals surface area contributed by atoms with Crippen LogP contribution in [0.2, 0.25) is 0 Å². The largest absolute Gasteiger partial charge is 0.322 e. The summed E-state index contributed by atoms with van der Waals surface area (Å²) in [5, 5.41) is 13.4. The number of aryl methyl sites for hydroxylation is 1. The molecule has 6 heteroatoms. The van der Waals surface area contributed by atoms with Gasteiger partial charge in [0.1, 0.15) is 0 Å². The van der Waals surface area contributed by atoms with Crippen molar-refractivity contribution in [1.82, 2.24) is 0 Å². The van der Waals surface area contributed by atoms with Gasteiger partial charge in [-0.25, -0.2) is 0 Å². The Hall–Kier alpha value is -2.21. The van der Waals surface area contributed by atoms with E-state index in [0.717, 1.165) is 5.56 Å². The van der Waals surface area contributed by atoms with Crippen LogP contribution in [-0.2, 0) is 0 Å². The van der Waals surface area contributed by atoms with Crippen molar-refractivity contribution in [3.05, 3.63) is 68.2 Å². The second-order valence-corrected chi connectivity index (χ2v) is 5.10. The van der Waals surface area contributed by atoms with E-state index in [2.05, 4.69) is 21.2 Å². The minimum atomic E-state index is -0.533. The zero-order valence-electron chi connectivity index (χ0n) is 10.6. The molecule has 1 amide bonds. The van der Waals surface area contributed by atoms with Crippen molar-refractivity contribution in [2.45, 2.75) is 6.92 Å². The number of benzene rings is 2. The van der Waals surface area contributed by atoms with Crippen LogP contribution in [0, 0.1) is 17.0 Å². The number of nitrogens with one attached hydrogen (secondary N) is 1. The number of hydrogen-bond donors (Lipinski definition) is 1. The maximum Gasteiger partial charge on any atom is 0.270 e. The Morgan fingerprint density at radius 3 is 2.45 bits per heavy atom. The average Bonchev–Trinajstić information content (AvgIpc) is 2.41. The number of amides is 1. The summed E-state index contributed by atoms with van der Waals surface area (Å²) in [4.78, 5) is 22.3. The van der Waals surface area contributed by atoms with Crippen molar-refractivity contribution in [1.29, 1.82) is 0 Å². The highest BCUT2D eigenvalue weighted by Crippen LogP contribution is 2.23. The zero-order valence-corrected chi connectivity index (χ0v) is 12.2. The number of rotatable bonds is 3. The summed E-state index contributed by atoms with van der Waals surface area (Å²) in [6.07, 6.45) is 0. The second-order valence-electron chi connectivity index (χ2n) is 4.24. The summed E-state index contributed by atoms with van der Waals surface area (Å²) in [5.41, 5.74) is 1.82. The van der Waals surface area contributed by atoms with Gasteiger partial charge < -0.3 is 5.32 Å². The van der Waals surface area contributed by atoms with Gasteiger partial charge >= 0.3 is 0 Å². The van der Waals surface area contributed by atoms with Crippen LogP contribution in [-0.4, -0.2) is 10.8 Å². The lowest BCUT2D eigenvalue weighted by Crippen LogP contribution is -2.12. The van der Waals surface area contributed by atoms with E-state index < -0.39 is 10.8 Å². The molecule has 0 spiro atoms. The lowest BCUT2D eigenvalue weighted by atomic mass is 10.1. The first-order valence-electron chi connectivity index (χ1n) is 5.79. The molecular formula is C14H11BrN2O3. The normalized spacial score (nSPS) is 10.1. The summed E-state index contributed by atoms with van der Waals surface area (Å²) >= 11 is 3.22. The number of anilines is 1. The summed E-state index contributed by atoms with van der Waals surface area (Å²) in [5.74, 6) is -0.399. The van der Waals surface area contributed by atoms with Gasteiger partial charge in [-0.15, -0.1) is 0 Å². The van der Waals surface area contributed by atoms with Crippen molar-refractivity contribution < 1.29 is 9.72 Å². The molecule has 0 aliphatic carbocycles. The van der Waals surface area contributed by atoms with E-state index in [0.29, 0.717) is 10.2 Å². The molecule has 0 saturated carbocycles. The molecular weight excluding hydrogens is 324 g/mol. The predicted octanol–water partition coefficient (Wildman–Crippen LogP) is 3.92. The molecule has 0 heterocycles. The fourth-order valence-electron chi connectivity index (χ4n) is 1.64. The van der Waals surface area contributed by atoms with Crippen LogP contribution < -0.4 is 5.32 Å². The number of nitro groups is 1. The van der Waals surface area contributed by atoms with Crippen LogP contribution in [0.1, 0.15) is 15.9 Å². The van der Waals surface area contributed by atoms with Gasteiger partial charge in [0.25, 0.3) is 11.6 Å². The predicted molar refractivity (Wildman–Crippen MR) is 79.9 cm³/mol. The molecule has 0 aliphatic rings. The molecule has 1 N–H and O–H groups in total. The van der Waals surface area contributed by atoms with E-state index in [1.165, 1.54) is 18.2 Å². The van der Waals surface area contributed by atoms with Gasteiger partial charge in [0.05, 0.1) is 10.5 Å². The monoisotopic (exact) mass is 334 g/mol. The molecule has 0 radical (unpaired) electrons. The summed E-state index contributed by atoms with van der Waals surface area (Å²) in [7, 11) is 0. The maximum absolute atomic E-state index is 12.1. The number of carbonyl (C=O) groups is 1. The van der Waals surface area contributed by atoms with Crippen LogP contribution in [0.4, 0.5) is 11.4 Å². The number of nitro benzene ring substituents is 1. The molecule has 0 saturated heterocycles. The number of carbonyl (C=O) groups excluding carboxylic acids is 1. The number of halogens is 1. The van der Waals surface area contributed by atoms with Crippen molar-refractivity contribution in [2.75, 3.05) is 5.32 Å². The first-order valence-corrected chi connectivity index (χ1v) is 6.58. The van der Waals surface area contributed by atoms with Crippen LogP contribution in [0.5, 0.6) is 0 Å². The second kappa shape index (κ2) is 5.83. The zero-order chi connectivity index (χ0) is 14.7. The Labute approximate surface area is 123 Å². The smallest absolute Gasteiger partial charge is 0.270 e. The lowest BCUT2D eigenvalue weighted by molar-refractivity contribution is -0.384. The molecule has 2 rings (SSSR count). The first-order chi connectivity index (χ1) is 9.47. The van der Waals surface area contributed by atoms with Crippen LogP contribution in [0.15, 0.2) is 46.9 Å². The Balaban J connectivity index is 2.26. The molecule has 0 aliphatic heterocycles. The van der Waals surface area contributed by atoms with E-state index in [-0.39, 0.29) is 11.3 Å². The van der Waals surface area contributed by atoms with Gasteiger partial charge in [0.2, 0.25) is 0 Å². The highest BCUT2D eigenvalue weighted by Gasteiger charge is 2.15. The minimum Gasteiger partial charge on any atom is -0.322 e. The summed E-state index contributed by atoms with van der Waals surface area (Å²) < 4.78 is 0.507. The van der Waals surface area contributed by atoms with Crippen molar-refractivity contribution in [3.8, 4) is 0 Å². The Bertz CT molecular complexity index is 669. The minimum absolute atomic E-state index is 0.123. The Morgan fingerprint density at radius 1 is 1.20 bits per heavy atom. The van der Waals surface area contributed by atoms with Gasteiger partial charge in [0.15, 0.2) is 0 Å². The fraction of sp³-hybridized carbons (Fsp3) is 0.0714. The average molecular weight is 335 g/mol. The van der Waals surface area contributed by atoms with E-state index >= 15 is 0 Å². The van der Waals surface area contributed by atoms with Gasteiger partial charge in [-0.2, -0.15) is 0 Å².